The normalized spacial score (nSPS) is 16.9. The van der Waals surface area contributed by atoms with Gasteiger partial charge in [0.15, 0.2) is 0 Å². The number of rotatable bonds is 34. The number of carbonyl (C=O) groups is 4. The number of halogens is 2. The minimum Gasteiger partial charge on any atom is -0.399 e. The molecule has 0 N–H and O–H groups in total. The van der Waals surface area contributed by atoms with Gasteiger partial charge in [0.25, 0.3) is 23.6 Å². The maximum absolute atomic E-state index is 15.2. The zero-order valence-corrected chi connectivity index (χ0v) is 79.2. The van der Waals surface area contributed by atoms with Crippen molar-refractivity contribution < 1.29 is 28.5 Å². The standard InChI is InChI=1S/C46H48N2O2S6.C30H38Br2N2O2S2.C14H17BO2S2.CH3/c1-5-9-13-29(7-3)27-47-43(39-23-21-37(55-39)35-19-17-33(53-35)31-15-11-25-51-31)41-42(45(47)49)44(48(46(41)50)28-30(8-4)14-10-6-2)40-24-22-38(56-40)36-20-18-34(54-36)32-16-12-26-52-32;1-5-9-11-19(7-3)17-33-27(21-13-15-23(31)37-21)25-26(29(33)35)28(22-14-16-24(32)38-22)34(30(25)36)18-20(8-4)12-10-6-2;1-13(2)14(3,4)17-15(16-13)12-8-7-11(19-12)10-6-5-9-18-10;/h11-12,15-26,29-30H,5-10,13-14,27-28H2,1-4H3;13-16,19-20H,5-12,17-18H2,1-4H3;5-9H,1-4H3;1H3/q;;;-1. The second kappa shape index (κ2) is 39.8. The van der Waals surface area contributed by atoms with Gasteiger partial charge in [0.05, 0.1) is 83.4 Å². The van der Waals surface area contributed by atoms with Gasteiger partial charge in [-0.1, -0.05) is 157 Å². The third-order valence-electron chi connectivity index (χ3n) is 22.7. The van der Waals surface area contributed by atoms with Crippen LogP contribution in [0, 0.1) is 31.1 Å². The van der Waals surface area contributed by atoms with Gasteiger partial charge >= 0.3 is 7.12 Å². The van der Waals surface area contributed by atoms with E-state index in [4.69, 9.17) is 9.31 Å². The van der Waals surface area contributed by atoms with E-state index in [9.17, 15) is 9.59 Å². The Morgan fingerprint density at radius 1 is 0.333 bits per heavy atom. The first-order valence-corrected chi connectivity index (χ1v) is 50.3. The first-order valence-electron chi connectivity index (χ1n) is 40.4. The lowest BCUT2D eigenvalue weighted by atomic mass is 9.88. The molecule has 114 heavy (non-hydrogen) atoms. The van der Waals surface area contributed by atoms with E-state index < -0.39 is 0 Å². The zero-order valence-electron chi connectivity index (χ0n) is 67.9. The summed E-state index contributed by atoms with van der Waals surface area (Å²) in [6.45, 7) is 28.7. The van der Waals surface area contributed by atoms with Crippen LogP contribution in [0.4, 0.5) is 0 Å². The molecule has 15 heterocycles. The molecule has 15 rings (SSSR count). The van der Waals surface area contributed by atoms with Crippen molar-refractivity contribution in [2.24, 2.45) is 23.7 Å². The predicted molar refractivity (Wildman–Crippen MR) is 503 cm³/mol. The molecule has 0 saturated carbocycles. The van der Waals surface area contributed by atoms with Gasteiger partial charge in [0.1, 0.15) is 0 Å². The number of amides is 4. The van der Waals surface area contributed by atoms with Crippen LogP contribution in [0.15, 0.2) is 167 Å². The third-order valence-corrected chi connectivity index (χ3v) is 35.0. The molecule has 23 heteroatoms. The van der Waals surface area contributed by atoms with Gasteiger partial charge in [-0.05, 0) is 222 Å². The predicted octanol–water partition coefficient (Wildman–Crippen LogP) is 28.8. The Morgan fingerprint density at radius 2 is 0.579 bits per heavy atom. The molecule has 5 aliphatic rings. The molecular formula is C91H106BBr2N4O6S10-. The zero-order chi connectivity index (χ0) is 79.8. The molecule has 10 aromatic heterocycles. The molecule has 0 spiro atoms. The minimum absolute atomic E-state index is 0. The van der Waals surface area contributed by atoms with Crippen LogP contribution in [0.1, 0.15) is 205 Å². The first-order chi connectivity index (χ1) is 54.6. The molecule has 4 atom stereocenters. The molecule has 0 aliphatic carbocycles. The summed E-state index contributed by atoms with van der Waals surface area (Å²) in [7, 11) is -0.247. The highest BCUT2D eigenvalue weighted by molar-refractivity contribution is 9.11. The van der Waals surface area contributed by atoms with Crippen molar-refractivity contribution in [3.8, 4) is 48.8 Å². The van der Waals surface area contributed by atoms with Crippen molar-refractivity contribution in [1.29, 1.82) is 0 Å². The molecular weight excluding hydrogens is 1740 g/mol. The second-order valence-corrected chi connectivity index (χ2v) is 44.0. The molecule has 5 aliphatic heterocycles. The van der Waals surface area contributed by atoms with Crippen LogP contribution in [-0.2, 0) is 28.5 Å². The van der Waals surface area contributed by atoms with Gasteiger partial charge in [0.2, 0.25) is 0 Å². The van der Waals surface area contributed by atoms with Gasteiger partial charge in [0, 0.05) is 79.7 Å². The summed E-state index contributed by atoms with van der Waals surface area (Å²) in [6.07, 6.45) is 17.4. The average Bonchev–Trinajstić information content (AvgIpc) is 1.56. The highest BCUT2D eigenvalue weighted by Gasteiger charge is 2.54. The van der Waals surface area contributed by atoms with Crippen molar-refractivity contribution in [1.82, 2.24) is 19.6 Å². The highest BCUT2D eigenvalue weighted by Crippen LogP contribution is 2.54. The number of fused-ring (bicyclic) bond motifs is 2. The topological polar surface area (TPSA) is 99.7 Å². The van der Waals surface area contributed by atoms with Crippen LogP contribution in [0.5, 0.6) is 0 Å². The molecule has 4 unspecified atom stereocenters. The Morgan fingerprint density at radius 3 is 0.833 bits per heavy atom. The summed E-state index contributed by atoms with van der Waals surface area (Å²) >= 11 is 24.5. The number of thiophene rings is 10. The minimum atomic E-state index is -0.273. The quantitative estimate of drug-likeness (QED) is 0.0294. The van der Waals surface area contributed by atoms with Crippen LogP contribution in [0.25, 0.3) is 71.6 Å². The van der Waals surface area contributed by atoms with Crippen molar-refractivity contribution in [3.63, 3.8) is 0 Å². The van der Waals surface area contributed by atoms with E-state index in [1.54, 1.807) is 113 Å². The summed E-state index contributed by atoms with van der Waals surface area (Å²) in [4.78, 5) is 83.2. The second-order valence-electron chi connectivity index (χ2n) is 30.8. The Labute approximate surface area is 734 Å². The molecule has 10 nitrogen and oxygen atoms in total. The Bertz CT molecular complexity index is 4780. The smallest absolute Gasteiger partial charge is 0.399 e. The lowest BCUT2D eigenvalue weighted by Crippen LogP contribution is -2.41. The van der Waals surface area contributed by atoms with E-state index in [0.29, 0.717) is 72.1 Å². The summed E-state index contributed by atoms with van der Waals surface area (Å²) in [5.74, 6) is 1.44. The highest BCUT2D eigenvalue weighted by atomic mass is 79.9. The number of hydrogen-bond acceptors (Lipinski definition) is 16. The third kappa shape index (κ3) is 19.2. The Kier molecular flexibility index (Phi) is 30.7. The summed E-state index contributed by atoms with van der Waals surface area (Å²) in [5.41, 5.74) is 5.09. The van der Waals surface area contributed by atoms with Crippen LogP contribution < -0.4 is 4.78 Å². The Hall–Kier alpha value is -5.22. The maximum Gasteiger partial charge on any atom is 0.505 e. The molecule has 1 saturated heterocycles. The van der Waals surface area contributed by atoms with E-state index in [2.05, 4.69) is 228 Å². The molecule has 10 aromatic rings. The lowest BCUT2D eigenvalue weighted by Gasteiger charge is -2.32. The largest absolute Gasteiger partial charge is 0.505 e. The number of hydrogen-bond donors (Lipinski definition) is 0. The monoisotopic (exact) mass is 1840 g/mol. The van der Waals surface area contributed by atoms with E-state index in [1.165, 1.54) is 39.0 Å². The molecule has 604 valence electrons. The molecule has 1 fully saturated rings. The van der Waals surface area contributed by atoms with Gasteiger partial charge in [-0.15, -0.1) is 113 Å². The van der Waals surface area contributed by atoms with Gasteiger partial charge in [-0.3, -0.25) is 19.2 Å². The summed E-state index contributed by atoms with van der Waals surface area (Å²) in [6, 6.07) is 42.6. The summed E-state index contributed by atoms with van der Waals surface area (Å²) < 4.78 is 15.3. The molecule has 0 radical (unpaired) electrons. The Balaban J connectivity index is 0.000000178. The molecule has 0 aromatic carbocycles. The van der Waals surface area contributed by atoms with Gasteiger partial charge in [-0.25, -0.2) is 0 Å². The lowest BCUT2D eigenvalue weighted by molar-refractivity contribution is -0.124. The SMILES string of the molecule is CC1(C)OB(c2ccc(-c3cccs3)s2)OC1(C)C.CCCCC(CC)CN1C(=O)C2=C(c3ccc(-c4ccc(-c5cccs5)s4)s3)N(CC(CC)CCCC)C(=O)C2=C1c1ccc(-c2ccc(-c3cccs3)s2)s1.CCCCC(CC)CN1C(=O)C2=C(c3ccc(Br)s3)N(CC(CC)CCCC)C(=O)C2=C1c1ccc(Br)s1.[CH3-]. The van der Waals surface area contributed by atoms with Crippen LogP contribution in [-0.4, -0.2) is 87.7 Å². The van der Waals surface area contributed by atoms with Crippen molar-refractivity contribution >= 4 is 204 Å². The van der Waals surface area contributed by atoms with Crippen LogP contribution >= 0.6 is 145 Å². The fourth-order valence-electron chi connectivity index (χ4n) is 15.3. The van der Waals surface area contributed by atoms with E-state index in [-0.39, 0.29) is 49.4 Å². The van der Waals surface area contributed by atoms with Crippen molar-refractivity contribution in [3.05, 3.63) is 194 Å². The maximum atomic E-state index is 15.2. The fourth-order valence-corrected chi connectivity index (χ4v) is 26.0. The fraction of sp³-hybridized carbons (Fsp3) is 0.418. The first kappa shape index (κ1) is 88.1. The van der Waals surface area contributed by atoms with Gasteiger partial charge in [-0.2, -0.15) is 0 Å². The van der Waals surface area contributed by atoms with Crippen LogP contribution in [0.3, 0.4) is 0 Å². The molecule has 4 amide bonds. The summed E-state index contributed by atoms with van der Waals surface area (Å²) in [5, 5.41) is 6.34. The number of nitrogens with zero attached hydrogens (tertiary/aromatic N) is 4. The van der Waals surface area contributed by atoms with E-state index >= 15 is 9.59 Å². The van der Waals surface area contributed by atoms with Crippen molar-refractivity contribution in [2.45, 2.75) is 197 Å². The van der Waals surface area contributed by atoms with Gasteiger partial charge < -0.3 is 36.3 Å². The van der Waals surface area contributed by atoms with E-state index in [1.807, 2.05) is 43.9 Å². The number of unbranched alkanes of at least 4 members (excludes halogenated alkanes) is 4. The van der Waals surface area contributed by atoms with Crippen LogP contribution in [0.2, 0.25) is 0 Å². The number of carbonyl (C=O) groups excluding carboxylic acids is 4. The van der Waals surface area contributed by atoms with Crippen molar-refractivity contribution in [2.75, 3.05) is 26.2 Å². The molecule has 0 bridgehead atoms. The average molecular weight is 1840 g/mol. The van der Waals surface area contributed by atoms with E-state index in [0.717, 1.165) is 167 Å².